The van der Waals surface area contributed by atoms with Gasteiger partial charge in [0.15, 0.2) is 6.10 Å². The zero-order valence-corrected chi connectivity index (χ0v) is 11.0. The van der Waals surface area contributed by atoms with Crippen LogP contribution in [-0.4, -0.2) is 22.7 Å². The predicted octanol–water partition coefficient (Wildman–Crippen LogP) is 1.63. The summed E-state index contributed by atoms with van der Waals surface area (Å²) in [7, 11) is 0. The lowest BCUT2D eigenvalue weighted by Gasteiger charge is -2.14. The van der Waals surface area contributed by atoms with Gasteiger partial charge < -0.3 is 15.5 Å². The maximum absolute atomic E-state index is 11.7. The Morgan fingerprint density at radius 1 is 1.16 bits per heavy atom. The van der Waals surface area contributed by atoms with E-state index in [9.17, 15) is 15.0 Å². The molecule has 2 aromatic rings. The maximum atomic E-state index is 11.7. The zero-order valence-electron chi connectivity index (χ0n) is 10.2. The largest absolute Gasteiger partial charge is 0.387 e. The average Bonchev–Trinajstić information content (AvgIpc) is 2.98. The minimum absolute atomic E-state index is 0.0828. The number of benzene rings is 1. The smallest absolute Gasteiger partial charge is 0.253 e. The quantitative estimate of drug-likeness (QED) is 0.778. The van der Waals surface area contributed by atoms with E-state index in [-0.39, 0.29) is 6.54 Å². The fraction of sp³-hybridized carbons (Fsp3) is 0.214. The zero-order chi connectivity index (χ0) is 13.7. The topological polar surface area (TPSA) is 69.6 Å². The highest BCUT2D eigenvalue weighted by Crippen LogP contribution is 2.16. The van der Waals surface area contributed by atoms with E-state index < -0.39 is 18.1 Å². The molecule has 0 fully saturated rings. The second kappa shape index (κ2) is 6.47. The molecule has 3 N–H and O–H groups in total. The molecule has 5 heteroatoms. The molecule has 1 amide bonds. The van der Waals surface area contributed by atoms with Gasteiger partial charge in [0.05, 0.1) is 6.10 Å². The van der Waals surface area contributed by atoms with Crippen molar-refractivity contribution < 1.29 is 15.0 Å². The van der Waals surface area contributed by atoms with Gasteiger partial charge in [-0.1, -0.05) is 30.3 Å². The van der Waals surface area contributed by atoms with Crippen molar-refractivity contribution in [1.82, 2.24) is 5.32 Å². The number of carbonyl (C=O) groups excluding carboxylic acids is 1. The second-order valence-electron chi connectivity index (χ2n) is 4.13. The van der Waals surface area contributed by atoms with Gasteiger partial charge in [-0.15, -0.1) is 0 Å². The lowest BCUT2D eigenvalue weighted by Crippen LogP contribution is -2.32. The van der Waals surface area contributed by atoms with Gasteiger partial charge in [-0.05, 0) is 28.0 Å². The second-order valence-corrected chi connectivity index (χ2v) is 4.91. The Kier molecular flexibility index (Phi) is 4.68. The van der Waals surface area contributed by atoms with Crippen LogP contribution in [0.5, 0.6) is 0 Å². The summed E-state index contributed by atoms with van der Waals surface area (Å²) in [6.45, 7) is 0.0828. The van der Waals surface area contributed by atoms with Gasteiger partial charge in [-0.2, -0.15) is 11.3 Å². The minimum Gasteiger partial charge on any atom is -0.387 e. The molecule has 0 bridgehead atoms. The van der Waals surface area contributed by atoms with Crippen molar-refractivity contribution in [2.75, 3.05) is 6.54 Å². The first kappa shape index (κ1) is 13.7. The summed E-state index contributed by atoms with van der Waals surface area (Å²) in [6.07, 6.45) is -1.96. The lowest BCUT2D eigenvalue weighted by molar-refractivity contribution is -0.130. The van der Waals surface area contributed by atoms with Crippen LogP contribution in [0.3, 0.4) is 0 Å². The number of nitrogens with one attached hydrogen (secondary N) is 1. The molecule has 0 saturated heterocycles. The van der Waals surface area contributed by atoms with Crippen LogP contribution in [0.2, 0.25) is 0 Å². The van der Waals surface area contributed by atoms with Crippen molar-refractivity contribution in [1.29, 1.82) is 0 Å². The van der Waals surface area contributed by atoms with E-state index in [2.05, 4.69) is 5.32 Å². The van der Waals surface area contributed by atoms with Crippen LogP contribution in [0.4, 0.5) is 0 Å². The number of aliphatic hydroxyl groups is 2. The van der Waals surface area contributed by atoms with Gasteiger partial charge in [-0.25, -0.2) is 0 Å². The van der Waals surface area contributed by atoms with E-state index in [1.807, 2.05) is 16.8 Å². The summed E-state index contributed by atoms with van der Waals surface area (Å²) in [5.41, 5.74) is 1.30. The normalized spacial score (nSPS) is 13.8. The maximum Gasteiger partial charge on any atom is 0.253 e. The van der Waals surface area contributed by atoms with E-state index in [1.165, 1.54) is 11.3 Å². The molecule has 0 spiro atoms. The van der Waals surface area contributed by atoms with Crippen molar-refractivity contribution in [3.63, 3.8) is 0 Å². The van der Waals surface area contributed by atoms with Crippen LogP contribution < -0.4 is 5.32 Å². The van der Waals surface area contributed by atoms with Gasteiger partial charge in [0, 0.05) is 6.54 Å². The Morgan fingerprint density at radius 2 is 1.89 bits per heavy atom. The summed E-state index contributed by atoms with van der Waals surface area (Å²) < 4.78 is 0. The molecule has 1 aromatic carbocycles. The van der Waals surface area contributed by atoms with Crippen LogP contribution in [0.25, 0.3) is 0 Å². The number of carbonyl (C=O) groups is 1. The highest BCUT2D eigenvalue weighted by molar-refractivity contribution is 7.07. The third-order valence-corrected chi connectivity index (χ3v) is 3.46. The molecule has 19 heavy (non-hydrogen) atoms. The highest BCUT2D eigenvalue weighted by Gasteiger charge is 2.18. The van der Waals surface area contributed by atoms with E-state index in [0.29, 0.717) is 5.56 Å². The predicted molar refractivity (Wildman–Crippen MR) is 73.7 cm³/mol. The van der Waals surface area contributed by atoms with Crippen LogP contribution in [0.15, 0.2) is 47.2 Å². The van der Waals surface area contributed by atoms with Gasteiger partial charge >= 0.3 is 0 Å². The first-order valence-corrected chi connectivity index (χ1v) is 6.83. The molecular formula is C14H15NO3S. The van der Waals surface area contributed by atoms with Gasteiger partial charge in [0.25, 0.3) is 5.91 Å². The van der Waals surface area contributed by atoms with Crippen LogP contribution in [-0.2, 0) is 4.79 Å². The molecule has 100 valence electrons. The SMILES string of the molecule is O=C(NC[C@@H](O)c1ccsc1)[C@@H](O)c1ccccc1. The summed E-state index contributed by atoms with van der Waals surface area (Å²) in [5.74, 6) is -0.513. The first-order valence-electron chi connectivity index (χ1n) is 5.89. The fourth-order valence-corrected chi connectivity index (χ4v) is 2.37. The molecular weight excluding hydrogens is 262 g/mol. The Balaban J connectivity index is 1.88. The Labute approximate surface area is 115 Å². The number of thiophene rings is 1. The number of amides is 1. The molecule has 1 heterocycles. The molecule has 1 aromatic heterocycles. The Bertz CT molecular complexity index is 513. The Hall–Kier alpha value is -1.69. The van der Waals surface area contributed by atoms with Crippen molar-refractivity contribution in [2.24, 2.45) is 0 Å². The van der Waals surface area contributed by atoms with Gasteiger partial charge in [0.1, 0.15) is 0 Å². The number of hydrogen-bond donors (Lipinski definition) is 3. The lowest BCUT2D eigenvalue weighted by atomic mass is 10.1. The third-order valence-electron chi connectivity index (χ3n) is 2.76. The third kappa shape index (κ3) is 3.64. The minimum atomic E-state index is -1.21. The number of hydrogen-bond acceptors (Lipinski definition) is 4. The number of aliphatic hydroxyl groups excluding tert-OH is 2. The molecule has 0 saturated carbocycles. The van der Waals surface area contributed by atoms with Gasteiger partial charge in [-0.3, -0.25) is 4.79 Å². The van der Waals surface area contributed by atoms with Crippen LogP contribution in [0.1, 0.15) is 23.3 Å². The summed E-state index contributed by atoms with van der Waals surface area (Å²) in [5, 5.41) is 25.9. The first-order chi connectivity index (χ1) is 9.18. The molecule has 0 unspecified atom stereocenters. The van der Waals surface area contributed by atoms with Crippen molar-refractivity contribution >= 4 is 17.2 Å². The molecule has 4 nitrogen and oxygen atoms in total. The van der Waals surface area contributed by atoms with E-state index in [1.54, 1.807) is 30.3 Å². The summed E-state index contributed by atoms with van der Waals surface area (Å²) in [4.78, 5) is 11.7. The van der Waals surface area contributed by atoms with Crippen LogP contribution >= 0.6 is 11.3 Å². The summed E-state index contributed by atoms with van der Waals surface area (Å²) >= 11 is 1.48. The highest BCUT2D eigenvalue weighted by atomic mass is 32.1. The fourth-order valence-electron chi connectivity index (χ4n) is 1.66. The van der Waals surface area contributed by atoms with Crippen LogP contribution in [0, 0.1) is 0 Å². The Morgan fingerprint density at radius 3 is 2.53 bits per heavy atom. The van der Waals surface area contributed by atoms with Crippen molar-refractivity contribution in [2.45, 2.75) is 12.2 Å². The number of rotatable bonds is 5. The standard InChI is InChI=1S/C14H15NO3S/c16-12(11-6-7-19-9-11)8-15-14(18)13(17)10-4-2-1-3-5-10/h1-7,9,12-13,16-17H,8H2,(H,15,18)/t12-,13+/m1/s1. The van der Waals surface area contributed by atoms with E-state index in [4.69, 9.17) is 0 Å². The molecule has 2 atom stereocenters. The van der Waals surface area contributed by atoms with E-state index >= 15 is 0 Å². The molecule has 0 radical (unpaired) electrons. The average molecular weight is 277 g/mol. The monoisotopic (exact) mass is 277 g/mol. The van der Waals surface area contributed by atoms with E-state index in [0.717, 1.165) is 5.56 Å². The van der Waals surface area contributed by atoms with Gasteiger partial charge in [0.2, 0.25) is 0 Å². The molecule has 2 rings (SSSR count). The molecule has 0 aliphatic heterocycles. The van der Waals surface area contributed by atoms with Crippen molar-refractivity contribution in [3.05, 3.63) is 58.3 Å². The molecule has 0 aliphatic carbocycles. The van der Waals surface area contributed by atoms with Crippen molar-refractivity contribution in [3.8, 4) is 0 Å². The summed E-state index contributed by atoms with van der Waals surface area (Å²) in [6, 6.07) is 10.5. The molecule has 0 aliphatic rings.